The van der Waals surface area contributed by atoms with Crippen LogP contribution in [0.3, 0.4) is 0 Å². The fourth-order valence-electron chi connectivity index (χ4n) is 2.54. The molecule has 0 aliphatic heterocycles. The lowest BCUT2D eigenvalue weighted by atomic mass is 10.0. The Labute approximate surface area is 167 Å². The number of guanidine groups is 1. The molecule has 1 aromatic heterocycles. The molecule has 6 heteroatoms. The van der Waals surface area contributed by atoms with Crippen LogP contribution in [-0.4, -0.2) is 24.0 Å². The lowest BCUT2D eigenvalue weighted by Crippen LogP contribution is -2.38. The van der Waals surface area contributed by atoms with Gasteiger partial charge in [0.1, 0.15) is 12.3 Å². The van der Waals surface area contributed by atoms with Gasteiger partial charge in [0.2, 0.25) is 5.89 Å². The van der Waals surface area contributed by atoms with E-state index in [-0.39, 0.29) is 24.0 Å². The summed E-state index contributed by atoms with van der Waals surface area (Å²) < 4.78 is 5.57. The topological polar surface area (TPSA) is 62.5 Å². The minimum Gasteiger partial charge on any atom is -0.444 e. The Morgan fingerprint density at radius 2 is 1.92 bits per heavy atom. The van der Waals surface area contributed by atoms with Gasteiger partial charge in [0, 0.05) is 13.1 Å². The zero-order valence-electron chi connectivity index (χ0n) is 15.8. The monoisotopic (exact) mass is 456 g/mol. The fourth-order valence-corrected chi connectivity index (χ4v) is 2.54. The van der Waals surface area contributed by atoms with Crippen LogP contribution in [-0.2, 0) is 13.0 Å². The normalized spacial score (nSPS) is 11.2. The van der Waals surface area contributed by atoms with Crippen LogP contribution in [0.2, 0.25) is 0 Å². The molecule has 2 N–H and O–H groups in total. The number of aliphatic imine (C=N–C) groups is 1. The molecule has 0 saturated carbocycles. The van der Waals surface area contributed by atoms with Gasteiger partial charge in [-0.05, 0) is 52.2 Å². The van der Waals surface area contributed by atoms with Crippen molar-refractivity contribution in [3.63, 3.8) is 0 Å². The summed E-state index contributed by atoms with van der Waals surface area (Å²) in [6.45, 7) is 12.3. The molecule has 0 bridgehead atoms. The van der Waals surface area contributed by atoms with Crippen LogP contribution in [0.5, 0.6) is 0 Å². The molecule has 0 fully saturated rings. The molecule has 0 atom stereocenters. The largest absolute Gasteiger partial charge is 0.444 e. The van der Waals surface area contributed by atoms with E-state index >= 15 is 0 Å². The molecule has 2 rings (SSSR count). The molecule has 1 aromatic carbocycles. The maximum Gasteiger partial charge on any atom is 0.216 e. The number of nitrogens with zero attached hydrogens (tertiary/aromatic N) is 2. The highest BCUT2D eigenvalue weighted by atomic mass is 127. The summed E-state index contributed by atoms with van der Waals surface area (Å²) in [4.78, 5) is 8.90. The number of hydrogen-bond acceptors (Lipinski definition) is 3. The third-order valence-electron chi connectivity index (χ3n) is 3.97. The van der Waals surface area contributed by atoms with Crippen LogP contribution in [0.1, 0.15) is 41.0 Å². The smallest absolute Gasteiger partial charge is 0.216 e. The van der Waals surface area contributed by atoms with Crippen molar-refractivity contribution in [3.05, 3.63) is 52.2 Å². The average Bonchev–Trinajstić information content (AvgIpc) is 2.85. The quantitative estimate of drug-likeness (QED) is 0.394. The first-order valence-corrected chi connectivity index (χ1v) is 8.50. The van der Waals surface area contributed by atoms with Gasteiger partial charge in [-0.15, -0.1) is 24.0 Å². The molecule has 2 aromatic rings. The van der Waals surface area contributed by atoms with Crippen molar-refractivity contribution in [1.29, 1.82) is 0 Å². The summed E-state index contributed by atoms with van der Waals surface area (Å²) in [5, 5.41) is 6.63. The first kappa shape index (κ1) is 21.5. The lowest BCUT2D eigenvalue weighted by Gasteiger charge is -2.12. The van der Waals surface area contributed by atoms with Crippen LogP contribution in [0.15, 0.2) is 27.6 Å². The lowest BCUT2D eigenvalue weighted by molar-refractivity contribution is 0.473. The molecular formula is C19H29IN4O. The van der Waals surface area contributed by atoms with E-state index in [0.717, 1.165) is 36.9 Å². The van der Waals surface area contributed by atoms with Gasteiger partial charge >= 0.3 is 0 Å². The highest BCUT2D eigenvalue weighted by molar-refractivity contribution is 14.0. The van der Waals surface area contributed by atoms with E-state index in [9.17, 15) is 0 Å². The number of aromatic nitrogens is 1. The summed E-state index contributed by atoms with van der Waals surface area (Å²) in [5.74, 6) is 2.29. The van der Waals surface area contributed by atoms with E-state index in [2.05, 4.69) is 59.6 Å². The van der Waals surface area contributed by atoms with E-state index in [4.69, 9.17) is 4.42 Å². The Bertz CT molecular complexity index is 690. The molecule has 25 heavy (non-hydrogen) atoms. The molecule has 0 aliphatic rings. The summed E-state index contributed by atoms with van der Waals surface area (Å²) in [6, 6.07) is 6.59. The molecule has 0 radical (unpaired) electrons. The molecule has 0 unspecified atom stereocenters. The van der Waals surface area contributed by atoms with E-state index in [1.807, 2.05) is 13.8 Å². The summed E-state index contributed by atoms with van der Waals surface area (Å²) in [5.41, 5.74) is 4.93. The average molecular weight is 456 g/mol. The molecule has 138 valence electrons. The molecule has 0 spiro atoms. The fraction of sp³-hybridized carbons (Fsp3) is 0.474. The first-order valence-electron chi connectivity index (χ1n) is 8.50. The predicted molar refractivity (Wildman–Crippen MR) is 114 cm³/mol. The van der Waals surface area contributed by atoms with Crippen molar-refractivity contribution in [2.45, 2.75) is 47.6 Å². The summed E-state index contributed by atoms with van der Waals surface area (Å²) in [7, 11) is 0. The van der Waals surface area contributed by atoms with E-state index in [1.54, 1.807) is 0 Å². The maximum absolute atomic E-state index is 5.57. The Hall–Kier alpha value is -1.57. The number of oxazole rings is 1. The van der Waals surface area contributed by atoms with Gasteiger partial charge in [-0.1, -0.05) is 23.8 Å². The molecule has 0 amide bonds. The first-order chi connectivity index (χ1) is 11.5. The third-order valence-corrected chi connectivity index (χ3v) is 3.97. The molecule has 1 heterocycles. The van der Waals surface area contributed by atoms with Crippen molar-refractivity contribution in [1.82, 2.24) is 15.6 Å². The van der Waals surface area contributed by atoms with Gasteiger partial charge in [0.15, 0.2) is 5.96 Å². The highest BCUT2D eigenvalue weighted by Crippen LogP contribution is 2.11. The minimum absolute atomic E-state index is 0. The number of halogens is 1. The second-order valence-corrected chi connectivity index (χ2v) is 6.05. The van der Waals surface area contributed by atoms with Crippen molar-refractivity contribution < 1.29 is 4.42 Å². The minimum atomic E-state index is 0. The van der Waals surface area contributed by atoms with Crippen LogP contribution in [0.4, 0.5) is 0 Å². The number of nitrogens with one attached hydrogen (secondary N) is 2. The van der Waals surface area contributed by atoms with Crippen molar-refractivity contribution in [3.8, 4) is 0 Å². The van der Waals surface area contributed by atoms with Crippen LogP contribution in [0, 0.1) is 27.7 Å². The predicted octanol–water partition coefficient (Wildman–Crippen LogP) is 3.82. The molecular weight excluding hydrogens is 427 g/mol. The Morgan fingerprint density at radius 1 is 1.16 bits per heavy atom. The van der Waals surface area contributed by atoms with Gasteiger partial charge < -0.3 is 15.1 Å². The van der Waals surface area contributed by atoms with Gasteiger partial charge in [-0.25, -0.2) is 9.98 Å². The second kappa shape index (κ2) is 10.4. The SMILES string of the molecule is CCNC(=NCc1nc(C)c(C)o1)NCCc1ccc(C)cc1C.I. The van der Waals surface area contributed by atoms with Gasteiger partial charge in [0.05, 0.1) is 5.69 Å². The third kappa shape index (κ3) is 6.68. The summed E-state index contributed by atoms with van der Waals surface area (Å²) >= 11 is 0. The van der Waals surface area contributed by atoms with Crippen molar-refractivity contribution in [2.24, 2.45) is 4.99 Å². The Kier molecular flexibility index (Phi) is 8.96. The molecule has 0 saturated heterocycles. The van der Waals surface area contributed by atoms with E-state index in [1.165, 1.54) is 16.7 Å². The Balaban J connectivity index is 0.00000312. The van der Waals surface area contributed by atoms with E-state index < -0.39 is 0 Å². The standard InChI is InChI=1S/C19H28N4O.HI/c1-6-20-19(22-12-18-23-15(4)16(5)24-18)21-10-9-17-8-7-13(2)11-14(17)3;/h7-8,11H,6,9-10,12H2,1-5H3,(H2,20,21,22);1H. The van der Waals surface area contributed by atoms with Crippen LogP contribution < -0.4 is 10.6 Å². The number of rotatable bonds is 6. The zero-order valence-corrected chi connectivity index (χ0v) is 18.1. The van der Waals surface area contributed by atoms with E-state index in [0.29, 0.717) is 12.4 Å². The molecule has 5 nitrogen and oxygen atoms in total. The zero-order chi connectivity index (χ0) is 17.5. The Morgan fingerprint density at radius 3 is 2.52 bits per heavy atom. The highest BCUT2D eigenvalue weighted by Gasteiger charge is 2.05. The second-order valence-electron chi connectivity index (χ2n) is 6.05. The van der Waals surface area contributed by atoms with Gasteiger partial charge in [-0.3, -0.25) is 0 Å². The van der Waals surface area contributed by atoms with Gasteiger partial charge in [0.25, 0.3) is 0 Å². The van der Waals surface area contributed by atoms with Crippen molar-refractivity contribution in [2.75, 3.05) is 13.1 Å². The molecule has 0 aliphatic carbocycles. The number of aryl methyl sites for hydroxylation is 4. The van der Waals surface area contributed by atoms with Crippen LogP contribution in [0.25, 0.3) is 0 Å². The van der Waals surface area contributed by atoms with Gasteiger partial charge in [-0.2, -0.15) is 0 Å². The van der Waals surface area contributed by atoms with Crippen molar-refractivity contribution >= 4 is 29.9 Å². The maximum atomic E-state index is 5.57. The number of benzene rings is 1. The summed E-state index contributed by atoms with van der Waals surface area (Å²) in [6.07, 6.45) is 0.966. The number of hydrogen-bond donors (Lipinski definition) is 2. The van der Waals surface area contributed by atoms with Crippen LogP contribution >= 0.6 is 24.0 Å².